The van der Waals surface area contributed by atoms with Crippen molar-refractivity contribution in [1.82, 2.24) is 10.2 Å². The van der Waals surface area contributed by atoms with Crippen LogP contribution >= 0.6 is 0 Å². The van der Waals surface area contributed by atoms with Crippen LogP contribution in [0, 0.1) is 0 Å². The van der Waals surface area contributed by atoms with E-state index < -0.39 is 11.9 Å². The molecule has 0 unspecified atom stereocenters. The Kier molecular flexibility index (Phi) is 6.35. The van der Waals surface area contributed by atoms with E-state index in [1.165, 1.54) is 19.2 Å². The molecule has 0 heterocycles. The van der Waals surface area contributed by atoms with Crippen molar-refractivity contribution in [3.05, 3.63) is 35.4 Å². The quantitative estimate of drug-likeness (QED) is 0.641. The molecule has 0 aliphatic heterocycles. The molecule has 0 aromatic heterocycles. The number of carbonyl (C=O) groups excluding carboxylic acids is 1. The highest BCUT2D eigenvalue weighted by Gasteiger charge is 2.12. The Morgan fingerprint density at radius 1 is 1.14 bits per heavy atom. The van der Waals surface area contributed by atoms with Crippen molar-refractivity contribution in [2.24, 2.45) is 0 Å². The summed E-state index contributed by atoms with van der Waals surface area (Å²) in [5, 5.41) is 20.0. The minimum absolute atomic E-state index is 0.0653. The molecule has 0 atom stereocenters. The molecule has 0 aliphatic rings. The van der Waals surface area contributed by atoms with Crippen LogP contribution in [0.4, 0.5) is 0 Å². The fraction of sp³-hybridized carbons (Fsp3) is 0.357. The summed E-state index contributed by atoms with van der Waals surface area (Å²) in [5.74, 6) is -2.14. The molecule has 0 radical (unpaired) electrons. The first-order valence-corrected chi connectivity index (χ1v) is 6.39. The number of carboxylic acids is 2. The van der Waals surface area contributed by atoms with Crippen molar-refractivity contribution in [2.75, 3.05) is 20.1 Å². The molecule has 114 valence electrons. The van der Waals surface area contributed by atoms with Gasteiger partial charge in [0.15, 0.2) is 0 Å². The average molecular weight is 294 g/mol. The number of nitrogens with zero attached hydrogens (tertiary/aromatic N) is 1. The fourth-order valence-electron chi connectivity index (χ4n) is 1.76. The van der Waals surface area contributed by atoms with Crippen molar-refractivity contribution in [3.63, 3.8) is 0 Å². The Bertz CT molecular complexity index is 513. The average Bonchev–Trinajstić information content (AvgIpc) is 2.45. The van der Waals surface area contributed by atoms with Crippen molar-refractivity contribution in [1.29, 1.82) is 0 Å². The summed E-state index contributed by atoms with van der Waals surface area (Å²) in [5.41, 5.74) is 0.997. The molecule has 1 aromatic carbocycles. The molecule has 7 nitrogen and oxygen atoms in total. The molecule has 1 rings (SSSR count). The highest BCUT2D eigenvalue weighted by molar-refractivity contribution is 5.87. The second-order valence-corrected chi connectivity index (χ2v) is 4.53. The zero-order valence-corrected chi connectivity index (χ0v) is 11.7. The molecule has 0 bridgehead atoms. The summed E-state index contributed by atoms with van der Waals surface area (Å²) in [6.45, 7) is 0.703. The van der Waals surface area contributed by atoms with E-state index in [2.05, 4.69) is 5.32 Å². The molecule has 1 amide bonds. The topological polar surface area (TPSA) is 107 Å². The third-order valence-corrected chi connectivity index (χ3v) is 2.90. The first kappa shape index (κ1) is 16.6. The second-order valence-electron chi connectivity index (χ2n) is 4.53. The number of likely N-dealkylation sites (N-methyl/N-ethyl adjacent to an activating group) is 1. The summed E-state index contributed by atoms with van der Waals surface area (Å²) < 4.78 is 0. The Balaban J connectivity index is 2.71. The molecule has 0 saturated carbocycles. The summed E-state index contributed by atoms with van der Waals surface area (Å²) in [7, 11) is 1.51. The molecule has 1 aromatic rings. The van der Waals surface area contributed by atoms with Gasteiger partial charge in [-0.15, -0.1) is 0 Å². The number of benzene rings is 1. The lowest BCUT2D eigenvalue weighted by Gasteiger charge is -2.20. The van der Waals surface area contributed by atoms with E-state index in [9.17, 15) is 14.4 Å². The van der Waals surface area contributed by atoms with Crippen molar-refractivity contribution in [2.45, 2.75) is 13.0 Å². The normalized spacial score (nSPS) is 10.4. The van der Waals surface area contributed by atoms with Crippen LogP contribution in [0.1, 0.15) is 22.3 Å². The van der Waals surface area contributed by atoms with Gasteiger partial charge in [0, 0.05) is 20.1 Å². The minimum Gasteiger partial charge on any atom is -0.481 e. The van der Waals surface area contributed by atoms with E-state index in [0.29, 0.717) is 6.54 Å². The smallest absolute Gasteiger partial charge is 0.335 e. The van der Waals surface area contributed by atoms with Gasteiger partial charge in [-0.1, -0.05) is 12.1 Å². The van der Waals surface area contributed by atoms with Crippen LogP contribution in [0.2, 0.25) is 0 Å². The largest absolute Gasteiger partial charge is 0.481 e. The zero-order valence-electron chi connectivity index (χ0n) is 11.7. The first-order chi connectivity index (χ1) is 9.92. The Morgan fingerprint density at radius 2 is 1.76 bits per heavy atom. The van der Waals surface area contributed by atoms with Gasteiger partial charge in [0.25, 0.3) is 0 Å². The van der Waals surface area contributed by atoms with Gasteiger partial charge in [-0.25, -0.2) is 4.79 Å². The third kappa shape index (κ3) is 6.05. The van der Waals surface area contributed by atoms with Gasteiger partial charge in [0.1, 0.15) is 0 Å². The maximum atomic E-state index is 11.4. The van der Waals surface area contributed by atoms with Gasteiger partial charge >= 0.3 is 11.9 Å². The molecular weight excluding hydrogens is 276 g/mol. The number of aromatic carboxylic acids is 1. The van der Waals surface area contributed by atoms with E-state index in [1.54, 1.807) is 17.0 Å². The molecular formula is C14H18N2O5. The lowest BCUT2D eigenvalue weighted by atomic mass is 10.1. The highest BCUT2D eigenvalue weighted by Crippen LogP contribution is 2.08. The molecule has 0 saturated heterocycles. The van der Waals surface area contributed by atoms with E-state index in [4.69, 9.17) is 10.2 Å². The summed E-state index contributed by atoms with van der Waals surface area (Å²) >= 11 is 0. The van der Waals surface area contributed by atoms with E-state index >= 15 is 0 Å². The molecule has 0 aliphatic carbocycles. The van der Waals surface area contributed by atoms with Crippen molar-refractivity contribution < 1.29 is 24.6 Å². The van der Waals surface area contributed by atoms with Gasteiger partial charge in [-0.05, 0) is 17.7 Å². The fourth-order valence-corrected chi connectivity index (χ4v) is 1.76. The van der Waals surface area contributed by atoms with Crippen LogP contribution in [0.5, 0.6) is 0 Å². The Labute approximate surface area is 122 Å². The number of carboxylic acid groups (broad SMARTS) is 2. The number of carbonyl (C=O) groups is 3. The number of hydrogen-bond acceptors (Lipinski definition) is 4. The predicted octanol–water partition coefficient (Wildman–Crippen LogP) is 0.408. The highest BCUT2D eigenvalue weighted by atomic mass is 16.4. The van der Waals surface area contributed by atoms with Gasteiger partial charge in [0.05, 0.1) is 18.5 Å². The van der Waals surface area contributed by atoms with Gasteiger partial charge in [0.2, 0.25) is 5.91 Å². The summed E-state index contributed by atoms with van der Waals surface area (Å²) in [6.07, 6.45) is -0.0653. The van der Waals surface area contributed by atoms with Crippen LogP contribution in [-0.2, 0) is 16.1 Å². The van der Waals surface area contributed by atoms with E-state index in [-0.39, 0.29) is 31.0 Å². The van der Waals surface area contributed by atoms with Gasteiger partial charge in [-0.3, -0.25) is 14.5 Å². The molecule has 3 N–H and O–H groups in total. The molecule has 0 fully saturated rings. The monoisotopic (exact) mass is 294 g/mol. The van der Waals surface area contributed by atoms with Crippen molar-refractivity contribution in [3.8, 4) is 0 Å². The zero-order chi connectivity index (χ0) is 15.8. The predicted molar refractivity (Wildman–Crippen MR) is 75.0 cm³/mol. The van der Waals surface area contributed by atoms with Gasteiger partial charge < -0.3 is 15.5 Å². The summed E-state index contributed by atoms with van der Waals surface area (Å²) in [4.78, 5) is 34.5. The van der Waals surface area contributed by atoms with E-state index in [0.717, 1.165) is 5.56 Å². The number of aliphatic carboxylic acids is 1. The Hall–Kier alpha value is -2.41. The third-order valence-electron chi connectivity index (χ3n) is 2.90. The lowest BCUT2D eigenvalue weighted by Crippen LogP contribution is -2.36. The Morgan fingerprint density at radius 3 is 2.24 bits per heavy atom. The maximum Gasteiger partial charge on any atom is 0.335 e. The minimum atomic E-state index is -1.00. The number of nitrogens with one attached hydrogen (secondary N) is 1. The maximum absolute atomic E-state index is 11.4. The number of hydrogen-bond donors (Lipinski definition) is 3. The lowest BCUT2D eigenvalue weighted by molar-refractivity contribution is -0.137. The molecule has 21 heavy (non-hydrogen) atoms. The number of rotatable bonds is 8. The summed E-state index contributed by atoms with van der Waals surface area (Å²) in [6, 6.07) is 6.27. The molecule has 0 spiro atoms. The van der Waals surface area contributed by atoms with Crippen LogP contribution in [0.3, 0.4) is 0 Å². The van der Waals surface area contributed by atoms with Crippen LogP contribution in [-0.4, -0.2) is 53.1 Å². The SMILES string of the molecule is CNC(=O)CN(CCC(=O)O)Cc1ccc(C(=O)O)cc1. The van der Waals surface area contributed by atoms with Crippen LogP contribution in [0.25, 0.3) is 0 Å². The molecule has 7 heteroatoms. The second kappa shape index (κ2) is 8.01. The van der Waals surface area contributed by atoms with Gasteiger partial charge in [-0.2, -0.15) is 0 Å². The number of amides is 1. The van der Waals surface area contributed by atoms with E-state index in [1.807, 2.05) is 0 Å². The first-order valence-electron chi connectivity index (χ1n) is 6.39. The van der Waals surface area contributed by atoms with Crippen LogP contribution < -0.4 is 5.32 Å². The standard InChI is InChI=1S/C14H18N2O5/c1-15-12(17)9-16(7-6-13(18)19)8-10-2-4-11(5-3-10)14(20)21/h2-5H,6-9H2,1H3,(H,15,17)(H,18,19)(H,20,21). The van der Waals surface area contributed by atoms with Crippen molar-refractivity contribution >= 4 is 17.8 Å². The van der Waals surface area contributed by atoms with Crippen LogP contribution in [0.15, 0.2) is 24.3 Å².